The van der Waals surface area contributed by atoms with Gasteiger partial charge in [-0.05, 0) is 36.4 Å². The van der Waals surface area contributed by atoms with Crippen LogP contribution in [-0.2, 0) is 18.9 Å². The van der Waals surface area contributed by atoms with Crippen molar-refractivity contribution >= 4 is 34.9 Å². The number of nitrogen functional groups attached to an aromatic ring is 1. The lowest BCUT2D eigenvalue weighted by molar-refractivity contribution is -0.0606. The van der Waals surface area contributed by atoms with Gasteiger partial charge in [0.15, 0.2) is 29.9 Å². The molecule has 0 bridgehead atoms. The van der Waals surface area contributed by atoms with Crippen molar-refractivity contribution in [2.24, 2.45) is 0 Å². The molecule has 0 spiro atoms. The van der Waals surface area contributed by atoms with Crippen molar-refractivity contribution in [2.45, 2.75) is 24.5 Å². The SMILES string of the molecule is Nc1ncnc2c1ncn2[C@H]1O[C@@H](COC(=O)c2ccccc2)[C@@H](OC(=O)c2ccccc2)[C@H]1OC(=O)c1ccccc1. The number of rotatable bonds is 8. The number of imidazole rings is 1. The highest BCUT2D eigenvalue weighted by Gasteiger charge is 2.51. The normalized spacial score (nSPS) is 19.5. The lowest BCUT2D eigenvalue weighted by atomic mass is 10.1. The zero-order valence-corrected chi connectivity index (χ0v) is 22.6. The van der Waals surface area contributed by atoms with E-state index in [0.29, 0.717) is 16.7 Å². The molecule has 12 heteroatoms. The van der Waals surface area contributed by atoms with Gasteiger partial charge in [0, 0.05) is 0 Å². The topological polar surface area (TPSA) is 158 Å². The summed E-state index contributed by atoms with van der Waals surface area (Å²) in [6.07, 6.45) is -1.88. The smallest absolute Gasteiger partial charge is 0.338 e. The molecule has 6 rings (SSSR count). The molecule has 5 aromatic rings. The predicted molar refractivity (Wildman–Crippen MR) is 152 cm³/mol. The average molecular weight is 580 g/mol. The number of carbonyl (C=O) groups is 3. The predicted octanol–water partition coefficient (Wildman–Crippen LogP) is 3.61. The Balaban J connectivity index is 1.37. The maximum atomic E-state index is 13.3. The van der Waals surface area contributed by atoms with Crippen molar-refractivity contribution in [3.8, 4) is 0 Å². The summed E-state index contributed by atoms with van der Waals surface area (Å²) < 4.78 is 25.3. The maximum Gasteiger partial charge on any atom is 0.338 e. The molecule has 1 aliphatic rings. The number of fused-ring (bicyclic) bond motifs is 1. The number of carbonyl (C=O) groups excluding carboxylic acids is 3. The van der Waals surface area contributed by atoms with Gasteiger partial charge in [-0.1, -0.05) is 54.6 Å². The summed E-state index contributed by atoms with van der Waals surface area (Å²) in [6.45, 7) is -0.319. The molecular formula is C31H25N5O7. The highest BCUT2D eigenvalue weighted by atomic mass is 16.7. The molecule has 2 aromatic heterocycles. The Morgan fingerprint density at radius 2 is 1.26 bits per heavy atom. The Hall–Kier alpha value is -5.62. The van der Waals surface area contributed by atoms with Crippen molar-refractivity contribution < 1.29 is 33.3 Å². The number of hydrogen-bond acceptors (Lipinski definition) is 11. The molecule has 3 heterocycles. The first-order chi connectivity index (χ1) is 21.0. The second-order valence-electron chi connectivity index (χ2n) is 9.58. The monoisotopic (exact) mass is 579 g/mol. The molecule has 0 amide bonds. The van der Waals surface area contributed by atoms with E-state index in [1.807, 2.05) is 0 Å². The van der Waals surface area contributed by atoms with Gasteiger partial charge < -0.3 is 24.7 Å². The fraction of sp³-hybridized carbons (Fsp3) is 0.161. The Bertz CT molecular complexity index is 1750. The third-order valence-corrected chi connectivity index (χ3v) is 6.84. The fourth-order valence-electron chi connectivity index (χ4n) is 4.74. The summed E-state index contributed by atoms with van der Waals surface area (Å²) in [5.41, 5.74) is 7.48. The molecule has 4 atom stereocenters. The van der Waals surface area contributed by atoms with Gasteiger partial charge in [-0.15, -0.1) is 0 Å². The second kappa shape index (κ2) is 12.1. The van der Waals surface area contributed by atoms with E-state index >= 15 is 0 Å². The second-order valence-corrected chi connectivity index (χ2v) is 9.58. The Labute approximate surface area is 245 Å². The molecule has 3 aromatic carbocycles. The van der Waals surface area contributed by atoms with Crippen LogP contribution in [0.4, 0.5) is 5.82 Å². The first-order valence-corrected chi connectivity index (χ1v) is 13.3. The van der Waals surface area contributed by atoms with Gasteiger partial charge in [0.25, 0.3) is 0 Å². The first kappa shape index (κ1) is 27.5. The van der Waals surface area contributed by atoms with E-state index in [1.165, 1.54) is 17.2 Å². The summed E-state index contributed by atoms with van der Waals surface area (Å²) in [5.74, 6) is -1.83. The largest absolute Gasteiger partial charge is 0.459 e. The molecule has 0 aliphatic carbocycles. The van der Waals surface area contributed by atoms with Crippen LogP contribution >= 0.6 is 0 Å². The van der Waals surface area contributed by atoms with Crippen molar-refractivity contribution in [3.05, 3.63) is 120 Å². The Kier molecular flexibility index (Phi) is 7.74. The number of ether oxygens (including phenoxy) is 4. The van der Waals surface area contributed by atoms with E-state index in [9.17, 15) is 14.4 Å². The van der Waals surface area contributed by atoms with Gasteiger partial charge in [-0.25, -0.2) is 29.3 Å². The number of esters is 3. The van der Waals surface area contributed by atoms with E-state index in [2.05, 4.69) is 15.0 Å². The molecule has 1 aliphatic heterocycles. The third-order valence-electron chi connectivity index (χ3n) is 6.84. The Morgan fingerprint density at radius 1 is 0.721 bits per heavy atom. The van der Waals surface area contributed by atoms with Crippen molar-refractivity contribution in [2.75, 3.05) is 12.3 Å². The highest BCUT2D eigenvalue weighted by molar-refractivity contribution is 5.91. The van der Waals surface area contributed by atoms with Gasteiger partial charge >= 0.3 is 17.9 Å². The number of hydrogen-bond donors (Lipinski definition) is 1. The van der Waals surface area contributed by atoms with Crippen molar-refractivity contribution in [1.29, 1.82) is 0 Å². The van der Waals surface area contributed by atoms with Crippen LogP contribution in [0.2, 0.25) is 0 Å². The van der Waals surface area contributed by atoms with Crippen LogP contribution < -0.4 is 5.73 Å². The molecule has 1 saturated heterocycles. The van der Waals surface area contributed by atoms with Gasteiger partial charge in [-0.3, -0.25) is 4.57 Å². The lowest BCUT2D eigenvalue weighted by Crippen LogP contribution is -2.41. The Morgan fingerprint density at radius 3 is 1.84 bits per heavy atom. The zero-order chi connectivity index (χ0) is 29.8. The van der Waals surface area contributed by atoms with Crippen LogP contribution in [0.1, 0.15) is 37.3 Å². The van der Waals surface area contributed by atoms with Crippen LogP contribution in [-0.4, -0.2) is 62.3 Å². The van der Waals surface area contributed by atoms with Gasteiger partial charge in [0.05, 0.1) is 23.0 Å². The summed E-state index contributed by atoms with van der Waals surface area (Å²) in [4.78, 5) is 52.0. The van der Waals surface area contributed by atoms with Gasteiger partial charge in [0.2, 0.25) is 0 Å². The molecule has 43 heavy (non-hydrogen) atoms. The van der Waals surface area contributed by atoms with E-state index in [-0.39, 0.29) is 23.6 Å². The average Bonchev–Trinajstić information content (AvgIpc) is 3.63. The summed E-state index contributed by atoms with van der Waals surface area (Å²) >= 11 is 0. The molecule has 1 fully saturated rings. The van der Waals surface area contributed by atoms with Crippen molar-refractivity contribution in [3.63, 3.8) is 0 Å². The highest BCUT2D eigenvalue weighted by Crippen LogP contribution is 2.37. The van der Waals surface area contributed by atoms with E-state index < -0.39 is 42.4 Å². The minimum absolute atomic E-state index is 0.139. The van der Waals surface area contributed by atoms with Crippen LogP contribution in [0.25, 0.3) is 11.2 Å². The standard InChI is InChI=1S/C31H25N5O7/c32-26-23-27(34-17-33-26)36(18-35-23)28-25(43-31(39)21-14-8-3-9-15-21)24(42-30(38)20-12-6-2-7-13-20)22(41-28)16-40-29(37)19-10-4-1-5-11-19/h1-15,17-18,22,24-25,28H,16H2,(H2,32,33,34)/t22-,24+,25+,28-/m0/s1. The summed E-state index contributed by atoms with van der Waals surface area (Å²) in [7, 11) is 0. The minimum atomic E-state index is -1.21. The molecule has 0 radical (unpaired) electrons. The van der Waals surface area contributed by atoms with Gasteiger partial charge in [-0.2, -0.15) is 0 Å². The zero-order valence-electron chi connectivity index (χ0n) is 22.6. The summed E-state index contributed by atoms with van der Waals surface area (Å²) in [5, 5.41) is 0. The quantitative estimate of drug-likeness (QED) is 0.211. The van der Waals surface area contributed by atoms with Crippen LogP contribution in [0.5, 0.6) is 0 Å². The number of nitrogens with two attached hydrogens (primary N) is 1. The molecule has 216 valence electrons. The molecule has 0 saturated carbocycles. The number of nitrogens with zero attached hydrogens (tertiary/aromatic N) is 4. The van der Waals surface area contributed by atoms with Crippen LogP contribution in [0, 0.1) is 0 Å². The molecule has 12 nitrogen and oxygen atoms in total. The molecule has 0 unspecified atom stereocenters. The number of anilines is 1. The number of aromatic nitrogens is 4. The van der Waals surface area contributed by atoms with Crippen LogP contribution in [0.3, 0.4) is 0 Å². The molecular weight excluding hydrogens is 554 g/mol. The minimum Gasteiger partial charge on any atom is -0.459 e. The van der Waals surface area contributed by atoms with E-state index in [4.69, 9.17) is 24.7 Å². The lowest BCUT2D eigenvalue weighted by Gasteiger charge is -2.25. The summed E-state index contributed by atoms with van der Waals surface area (Å²) in [6, 6.07) is 25.1. The first-order valence-electron chi connectivity index (χ1n) is 13.3. The maximum absolute atomic E-state index is 13.3. The van der Waals surface area contributed by atoms with E-state index in [0.717, 1.165) is 0 Å². The van der Waals surface area contributed by atoms with Crippen molar-refractivity contribution in [1.82, 2.24) is 19.5 Å². The fourth-order valence-corrected chi connectivity index (χ4v) is 4.74. The van der Waals surface area contributed by atoms with Crippen LogP contribution in [0.15, 0.2) is 104 Å². The van der Waals surface area contributed by atoms with E-state index in [1.54, 1.807) is 91.0 Å². The molecule has 2 N–H and O–H groups in total. The third kappa shape index (κ3) is 5.76. The number of benzene rings is 3. The van der Waals surface area contributed by atoms with Gasteiger partial charge in [0.1, 0.15) is 24.6 Å².